The fourth-order valence-electron chi connectivity index (χ4n) is 1.01. The maximum absolute atomic E-state index is 11.4. The van der Waals surface area contributed by atoms with Gasteiger partial charge in [-0.1, -0.05) is 16.5 Å². The summed E-state index contributed by atoms with van der Waals surface area (Å²) in [5, 5.41) is 20.6. The normalized spacial score (nSPS) is 11.8. The summed E-state index contributed by atoms with van der Waals surface area (Å²) < 4.78 is 3.47. The van der Waals surface area contributed by atoms with Gasteiger partial charge in [-0.2, -0.15) is 0 Å². The van der Waals surface area contributed by atoms with Gasteiger partial charge in [-0.15, -0.1) is 0 Å². The highest BCUT2D eigenvalue weighted by molar-refractivity contribution is 7.09. The van der Waals surface area contributed by atoms with E-state index in [2.05, 4.69) is 25.4 Å². The third kappa shape index (κ3) is 4.17. The lowest BCUT2D eigenvalue weighted by Crippen LogP contribution is -2.38. The Kier molecular flexibility index (Phi) is 4.58. The topological polar surface area (TPSA) is 117 Å². The summed E-state index contributed by atoms with van der Waals surface area (Å²) in [4.78, 5) is 21.8. The van der Waals surface area contributed by atoms with E-state index >= 15 is 0 Å². The number of hydrogen-bond donors (Lipinski definition) is 3. The quantitative estimate of drug-likeness (QED) is 0.687. The fraction of sp³-hybridized carbons (Fsp3) is 0.571. The van der Waals surface area contributed by atoms with Gasteiger partial charge in [0.15, 0.2) is 0 Å². The van der Waals surface area contributed by atoms with Crippen LogP contribution in [-0.2, 0) is 4.79 Å². The van der Waals surface area contributed by atoms with Crippen LogP contribution in [0.1, 0.15) is 19.8 Å². The molecule has 88 valence electrons. The number of urea groups is 1. The maximum Gasteiger partial charge on any atom is 0.321 e. The molecule has 0 radical (unpaired) electrons. The molecule has 2 amide bonds. The summed E-state index contributed by atoms with van der Waals surface area (Å²) in [5.41, 5.74) is 0. The summed E-state index contributed by atoms with van der Waals surface area (Å²) in [6.07, 6.45) is 0.423. The average Bonchev–Trinajstić information content (AvgIpc) is 2.68. The Morgan fingerprint density at radius 1 is 1.56 bits per heavy atom. The first-order chi connectivity index (χ1) is 7.61. The van der Waals surface area contributed by atoms with Crippen LogP contribution in [0.3, 0.4) is 0 Å². The van der Waals surface area contributed by atoms with Crippen molar-refractivity contribution in [2.45, 2.75) is 25.8 Å². The molecule has 0 spiro atoms. The highest BCUT2D eigenvalue weighted by Crippen LogP contribution is 2.05. The van der Waals surface area contributed by atoms with E-state index in [1.807, 2.05) is 0 Å². The largest absolute Gasteiger partial charge is 0.481 e. The van der Waals surface area contributed by atoms with Crippen LogP contribution in [0.25, 0.3) is 0 Å². The number of aromatic nitrogens is 3. The van der Waals surface area contributed by atoms with Crippen LogP contribution in [0.15, 0.2) is 0 Å². The Balaban J connectivity index is 2.40. The Hall–Kier alpha value is -1.77. The van der Waals surface area contributed by atoms with Gasteiger partial charge in [-0.3, -0.25) is 10.1 Å². The molecule has 0 aliphatic rings. The predicted octanol–water partition coefficient (Wildman–Crippen LogP) is 0.308. The molecule has 0 aliphatic carbocycles. The van der Waals surface area contributed by atoms with Crippen LogP contribution in [0.4, 0.5) is 9.93 Å². The number of carboxylic acid groups (broad SMARTS) is 1. The van der Waals surface area contributed by atoms with Crippen molar-refractivity contribution in [1.82, 2.24) is 20.1 Å². The Labute approximate surface area is 95.2 Å². The lowest BCUT2D eigenvalue weighted by atomic mass is 10.1. The molecule has 0 saturated heterocycles. The summed E-state index contributed by atoms with van der Waals surface area (Å²) in [5.74, 6) is -0.954. The van der Waals surface area contributed by atoms with E-state index in [1.54, 1.807) is 6.92 Å². The number of amides is 2. The molecule has 0 saturated carbocycles. The lowest BCUT2D eigenvalue weighted by molar-refractivity contribution is -0.137. The number of nitrogens with one attached hydrogen (secondary N) is 2. The van der Waals surface area contributed by atoms with Gasteiger partial charge < -0.3 is 10.4 Å². The van der Waals surface area contributed by atoms with Crippen molar-refractivity contribution < 1.29 is 14.7 Å². The number of carboxylic acids is 1. The van der Waals surface area contributed by atoms with Crippen LogP contribution in [0, 0.1) is 0 Å². The molecule has 1 unspecified atom stereocenters. The van der Waals surface area contributed by atoms with Crippen molar-refractivity contribution in [3.05, 3.63) is 0 Å². The smallest absolute Gasteiger partial charge is 0.321 e. The number of carbonyl (C=O) groups is 2. The molecule has 1 heterocycles. The molecule has 0 aromatic carbocycles. The zero-order valence-corrected chi connectivity index (χ0v) is 9.32. The van der Waals surface area contributed by atoms with Crippen LogP contribution in [0.5, 0.6) is 0 Å². The van der Waals surface area contributed by atoms with Gasteiger partial charge in [0.2, 0.25) is 5.13 Å². The van der Waals surface area contributed by atoms with E-state index in [1.165, 1.54) is 0 Å². The molecule has 1 aromatic heterocycles. The predicted molar refractivity (Wildman–Crippen MR) is 56.2 cm³/mol. The van der Waals surface area contributed by atoms with Crippen LogP contribution in [0.2, 0.25) is 0 Å². The van der Waals surface area contributed by atoms with E-state index < -0.39 is 18.0 Å². The maximum atomic E-state index is 11.4. The highest BCUT2D eigenvalue weighted by atomic mass is 32.1. The van der Waals surface area contributed by atoms with E-state index in [9.17, 15) is 9.59 Å². The van der Waals surface area contributed by atoms with Crippen molar-refractivity contribution >= 4 is 28.7 Å². The van der Waals surface area contributed by atoms with Crippen molar-refractivity contribution in [2.75, 3.05) is 5.32 Å². The Morgan fingerprint density at radius 3 is 2.81 bits per heavy atom. The van der Waals surface area contributed by atoms with E-state index in [0.717, 1.165) is 11.5 Å². The first-order valence-electron chi connectivity index (χ1n) is 4.56. The van der Waals surface area contributed by atoms with Gasteiger partial charge >= 0.3 is 12.0 Å². The van der Waals surface area contributed by atoms with Crippen molar-refractivity contribution in [3.63, 3.8) is 0 Å². The van der Waals surface area contributed by atoms with Gasteiger partial charge in [0, 0.05) is 17.6 Å². The first-order valence-corrected chi connectivity index (χ1v) is 5.33. The van der Waals surface area contributed by atoms with E-state index in [0.29, 0.717) is 6.42 Å². The molecule has 1 atom stereocenters. The monoisotopic (exact) mass is 245 g/mol. The van der Waals surface area contributed by atoms with Crippen molar-refractivity contribution in [1.29, 1.82) is 0 Å². The Bertz CT molecular complexity index is 355. The fourth-order valence-corrected chi connectivity index (χ4v) is 1.37. The van der Waals surface area contributed by atoms with E-state index in [-0.39, 0.29) is 11.6 Å². The number of carbonyl (C=O) groups excluding carboxylic acids is 1. The SMILES string of the molecule is CCC(CC(=O)O)NC(=O)Nc1nnns1. The number of nitrogens with zero attached hydrogens (tertiary/aromatic N) is 3. The van der Waals surface area contributed by atoms with Gasteiger partial charge in [0.1, 0.15) is 0 Å². The standard InChI is InChI=1S/C7H11N5O3S/c1-2-4(3-5(13)14)8-6(15)9-7-10-11-12-16-7/h4H,2-3H2,1H3,(H,13,14)(H2,8,9,10,12,15). The highest BCUT2D eigenvalue weighted by Gasteiger charge is 2.14. The van der Waals surface area contributed by atoms with Crippen LogP contribution in [-0.4, -0.2) is 37.9 Å². The first kappa shape index (κ1) is 12.3. The number of aliphatic carboxylic acids is 1. The molecule has 9 heteroatoms. The van der Waals surface area contributed by atoms with Gasteiger partial charge in [-0.05, 0) is 11.6 Å². The molecular weight excluding hydrogens is 234 g/mol. The number of anilines is 1. The zero-order chi connectivity index (χ0) is 12.0. The molecule has 3 N–H and O–H groups in total. The summed E-state index contributed by atoms with van der Waals surface area (Å²) >= 11 is 0.939. The molecule has 8 nitrogen and oxygen atoms in total. The number of rotatable bonds is 5. The van der Waals surface area contributed by atoms with Gasteiger partial charge in [0.05, 0.1) is 6.42 Å². The molecule has 1 rings (SSSR count). The van der Waals surface area contributed by atoms with E-state index in [4.69, 9.17) is 5.11 Å². The van der Waals surface area contributed by atoms with Crippen LogP contribution < -0.4 is 10.6 Å². The third-order valence-corrected chi connectivity index (χ3v) is 2.28. The molecular formula is C7H11N5O3S. The summed E-state index contributed by atoms with van der Waals surface area (Å²) in [7, 11) is 0. The van der Waals surface area contributed by atoms with Crippen LogP contribution >= 0.6 is 11.5 Å². The van der Waals surface area contributed by atoms with Crippen molar-refractivity contribution in [3.8, 4) is 0 Å². The summed E-state index contributed by atoms with van der Waals surface area (Å²) in [6, 6.07) is -0.912. The third-order valence-electron chi connectivity index (χ3n) is 1.77. The summed E-state index contributed by atoms with van der Waals surface area (Å²) in [6.45, 7) is 1.79. The molecule has 16 heavy (non-hydrogen) atoms. The molecule has 0 fully saturated rings. The minimum atomic E-state index is -0.954. The van der Waals surface area contributed by atoms with Gasteiger partial charge in [0.25, 0.3) is 0 Å². The Morgan fingerprint density at radius 2 is 2.31 bits per heavy atom. The second-order valence-corrected chi connectivity index (χ2v) is 3.70. The molecule has 0 bridgehead atoms. The molecule has 1 aromatic rings. The zero-order valence-electron chi connectivity index (χ0n) is 8.51. The minimum Gasteiger partial charge on any atom is -0.481 e. The lowest BCUT2D eigenvalue weighted by Gasteiger charge is -2.14. The molecule has 0 aliphatic heterocycles. The van der Waals surface area contributed by atoms with Crippen molar-refractivity contribution in [2.24, 2.45) is 0 Å². The minimum absolute atomic E-state index is 0.113. The second kappa shape index (κ2) is 5.95. The average molecular weight is 245 g/mol. The number of hydrogen-bond acceptors (Lipinski definition) is 6. The second-order valence-electron chi connectivity index (χ2n) is 2.97. The van der Waals surface area contributed by atoms with Gasteiger partial charge in [-0.25, -0.2) is 4.79 Å².